The van der Waals surface area contributed by atoms with Gasteiger partial charge in [-0.2, -0.15) is 0 Å². The molecule has 0 aliphatic heterocycles. The van der Waals surface area contributed by atoms with Crippen molar-refractivity contribution in [1.29, 1.82) is 0 Å². The van der Waals surface area contributed by atoms with Crippen LogP contribution in [0.3, 0.4) is 0 Å². The van der Waals surface area contributed by atoms with Gasteiger partial charge in [0, 0.05) is 6.42 Å². The van der Waals surface area contributed by atoms with E-state index < -0.39 is 12.1 Å². The quantitative estimate of drug-likeness (QED) is 0.263. The molecule has 130 valence electrons. The van der Waals surface area contributed by atoms with Gasteiger partial charge < -0.3 is 10.2 Å². The zero-order chi connectivity index (χ0) is 17.2. The molecule has 23 heavy (non-hydrogen) atoms. The van der Waals surface area contributed by atoms with Gasteiger partial charge in [-0.15, -0.1) is 0 Å². The van der Waals surface area contributed by atoms with Crippen LogP contribution >= 0.6 is 0 Å². The van der Waals surface area contributed by atoms with E-state index in [-0.39, 0.29) is 6.42 Å². The molecule has 1 atom stereocenters. The maximum atomic E-state index is 10.3. The number of rotatable bonds is 14. The van der Waals surface area contributed by atoms with Crippen LogP contribution in [0, 0.1) is 0 Å². The molecular formula is C20H32O3. The minimum atomic E-state index is -0.740. The van der Waals surface area contributed by atoms with Crippen molar-refractivity contribution >= 4 is 5.97 Å². The third-order valence-electron chi connectivity index (χ3n) is 3.30. The molecule has 0 fully saturated rings. The van der Waals surface area contributed by atoms with E-state index in [4.69, 9.17) is 5.11 Å². The van der Waals surface area contributed by atoms with E-state index in [1.165, 1.54) is 19.3 Å². The first kappa shape index (κ1) is 21.4. The number of aliphatic hydroxyl groups excluding tert-OH is 1. The number of aliphatic carboxylic acids is 1. The van der Waals surface area contributed by atoms with Crippen molar-refractivity contribution in [1.82, 2.24) is 0 Å². The molecule has 0 heterocycles. The molecule has 0 aromatic rings. The average Bonchev–Trinajstić information content (AvgIpc) is 2.52. The Morgan fingerprint density at radius 2 is 1.70 bits per heavy atom. The molecule has 0 saturated heterocycles. The molecule has 3 nitrogen and oxygen atoms in total. The molecule has 0 saturated carbocycles. The fraction of sp³-hybridized carbons (Fsp3) is 0.550. The summed E-state index contributed by atoms with van der Waals surface area (Å²) < 4.78 is 0. The number of carboxylic acid groups (broad SMARTS) is 1. The highest BCUT2D eigenvalue weighted by Gasteiger charge is 1.93. The molecule has 0 aliphatic carbocycles. The summed E-state index contributed by atoms with van der Waals surface area (Å²) in [5.41, 5.74) is 0. The first-order chi connectivity index (χ1) is 11.2. The average molecular weight is 320 g/mol. The Morgan fingerprint density at radius 1 is 0.957 bits per heavy atom. The highest BCUT2D eigenvalue weighted by molar-refractivity contribution is 5.66. The Hall–Kier alpha value is -1.61. The zero-order valence-corrected chi connectivity index (χ0v) is 14.4. The summed E-state index contributed by atoms with van der Waals surface area (Å²) in [6.45, 7) is 2.20. The minimum Gasteiger partial charge on any atom is -0.481 e. The summed E-state index contributed by atoms with van der Waals surface area (Å²) >= 11 is 0. The number of carbonyl (C=O) groups is 1. The van der Waals surface area contributed by atoms with Crippen LogP contribution in [0.2, 0.25) is 0 Å². The number of carboxylic acids is 1. The largest absolute Gasteiger partial charge is 0.481 e. The van der Waals surface area contributed by atoms with Crippen molar-refractivity contribution in [3.8, 4) is 0 Å². The molecule has 0 bridgehead atoms. The third-order valence-corrected chi connectivity index (χ3v) is 3.30. The fourth-order valence-electron chi connectivity index (χ4n) is 1.95. The van der Waals surface area contributed by atoms with Gasteiger partial charge in [0.1, 0.15) is 0 Å². The van der Waals surface area contributed by atoms with Gasteiger partial charge in [0.05, 0.1) is 6.10 Å². The zero-order valence-electron chi connectivity index (χ0n) is 14.4. The van der Waals surface area contributed by atoms with E-state index >= 15 is 0 Å². The second-order valence-corrected chi connectivity index (χ2v) is 5.58. The van der Waals surface area contributed by atoms with E-state index in [1.807, 2.05) is 42.5 Å². The Balaban J connectivity index is 3.61. The van der Waals surface area contributed by atoms with Gasteiger partial charge in [-0.25, -0.2) is 0 Å². The summed E-state index contributed by atoms with van der Waals surface area (Å²) in [5, 5.41) is 18.3. The molecule has 0 unspecified atom stereocenters. The number of allylic oxidation sites excluding steroid dienone is 6. The molecule has 3 heteroatoms. The van der Waals surface area contributed by atoms with Gasteiger partial charge >= 0.3 is 5.97 Å². The minimum absolute atomic E-state index is 0.228. The molecule has 0 aromatic heterocycles. The van der Waals surface area contributed by atoms with Gasteiger partial charge in [-0.1, -0.05) is 68.4 Å². The van der Waals surface area contributed by atoms with Crippen LogP contribution in [0.15, 0.2) is 48.6 Å². The van der Waals surface area contributed by atoms with Crippen LogP contribution < -0.4 is 0 Å². The number of aliphatic hydroxyl groups is 1. The maximum absolute atomic E-state index is 10.3. The highest BCUT2D eigenvalue weighted by Crippen LogP contribution is 2.02. The first-order valence-corrected chi connectivity index (χ1v) is 8.70. The number of hydrogen-bond acceptors (Lipinski definition) is 2. The number of hydrogen-bond donors (Lipinski definition) is 2. The van der Waals surface area contributed by atoms with Crippen molar-refractivity contribution in [3.05, 3.63) is 48.6 Å². The SMILES string of the molecule is CCCCC/C=C\C=C/[C@H](O)C/C=C\C/C=C\CCCC(=O)O. The maximum Gasteiger partial charge on any atom is 0.303 e. The van der Waals surface area contributed by atoms with Crippen LogP contribution in [0.5, 0.6) is 0 Å². The standard InChI is InChI=1S/C20H32O3/c1-2-3-4-5-7-10-13-16-19(21)17-14-11-8-6-9-12-15-18-20(22)23/h6-7,9-11,13-14,16,19,21H,2-5,8,12,15,17-18H2,1H3,(H,22,23)/b9-6-,10-7-,14-11-,16-13-/t19-/m0/s1. The second kappa shape index (κ2) is 16.8. The van der Waals surface area contributed by atoms with Gasteiger partial charge in [-0.05, 0) is 38.5 Å². The van der Waals surface area contributed by atoms with Crippen molar-refractivity contribution in [2.45, 2.75) is 70.8 Å². The molecule has 0 spiro atoms. The third kappa shape index (κ3) is 18.3. The first-order valence-electron chi connectivity index (χ1n) is 8.70. The fourth-order valence-corrected chi connectivity index (χ4v) is 1.95. The van der Waals surface area contributed by atoms with Crippen molar-refractivity contribution in [2.75, 3.05) is 0 Å². The van der Waals surface area contributed by atoms with E-state index in [1.54, 1.807) is 0 Å². The topological polar surface area (TPSA) is 57.5 Å². The predicted molar refractivity (Wildman–Crippen MR) is 97.4 cm³/mol. The molecule has 2 N–H and O–H groups in total. The van der Waals surface area contributed by atoms with Crippen LogP contribution in [0.25, 0.3) is 0 Å². The number of unbranched alkanes of at least 4 members (excludes halogenated alkanes) is 4. The summed E-state index contributed by atoms with van der Waals surface area (Å²) in [5.74, 6) is -0.740. The monoisotopic (exact) mass is 320 g/mol. The van der Waals surface area contributed by atoms with Gasteiger partial charge in [0.25, 0.3) is 0 Å². The van der Waals surface area contributed by atoms with Crippen molar-refractivity contribution in [3.63, 3.8) is 0 Å². The van der Waals surface area contributed by atoms with Crippen LogP contribution in [0.4, 0.5) is 0 Å². The van der Waals surface area contributed by atoms with Gasteiger partial charge in [0.15, 0.2) is 0 Å². The van der Waals surface area contributed by atoms with Crippen LogP contribution in [0.1, 0.15) is 64.7 Å². The lowest BCUT2D eigenvalue weighted by Gasteiger charge is -1.98. The van der Waals surface area contributed by atoms with Crippen LogP contribution in [-0.2, 0) is 4.79 Å². The lowest BCUT2D eigenvalue weighted by Crippen LogP contribution is -1.98. The molecule has 0 aliphatic rings. The van der Waals surface area contributed by atoms with E-state index in [9.17, 15) is 9.90 Å². The summed E-state index contributed by atoms with van der Waals surface area (Å²) in [7, 11) is 0. The van der Waals surface area contributed by atoms with E-state index in [0.29, 0.717) is 12.8 Å². The smallest absolute Gasteiger partial charge is 0.303 e. The van der Waals surface area contributed by atoms with Crippen molar-refractivity contribution in [2.24, 2.45) is 0 Å². The van der Waals surface area contributed by atoms with E-state index in [0.717, 1.165) is 19.3 Å². The summed E-state index contributed by atoms with van der Waals surface area (Å²) in [6, 6.07) is 0. The van der Waals surface area contributed by atoms with Gasteiger partial charge in [0.2, 0.25) is 0 Å². The lowest BCUT2D eigenvalue weighted by atomic mass is 10.2. The van der Waals surface area contributed by atoms with Gasteiger partial charge in [-0.3, -0.25) is 4.79 Å². The Labute approximate surface area is 141 Å². The Kier molecular flexibility index (Phi) is 15.6. The highest BCUT2D eigenvalue weighted by atomic mass is 16.4. The summed E-state index contributed by atoms with van der Waals surface area (Å²) in [4.78, 5) is 10.3. The molecule has 0 amide bonds. The molecule has 0 rings (SSSR count). The second-order valence-electron chi connectivity index (χ2n) is 5.58. The summed E-state index contributed by atoms with van der Waals surface area (Å²) in [6.07, 6.45) is 23.5. The Bertz CT molecular complexity index is 392. The normalized spacial score (nSPS) is 13.8. The molecule has 0 aromatic carbocycles. The lowest BCUT2D eigenvalue weighted by molar-refractivity contribution is -0.137. The van der Waals surface area contributed by atoms with Crippen LogP contribution in [-0.4, -0.2) is 22.3 Å². The Morgan fingerprint density at radius 3 is 2.43 bits per heavy atom. The molecular weight excluding hydrogens is 288 g/mol. The molecule has 0 radical (unpaired) electrons. The van der Waals surface area contributed by atoms with E-state index in [2.05, 4.69) is 13.0 Å². The van der Waals surface area contributed by atoms with Crippen molar-refractivity contribution < 1.29 is 15.0 Å². The predicted octanol–water partition coefficient (Wildman–Crippen LogP) is 5.19.